The summed E-state index contributed by atoms with van der Waals surface area (Å²) in [7, 11) is 1.43. The molecule has 18 heavy (non-hydrogen) atoms. The zero-order chi connectivity index (χ0) is 13.1. The summed E-state index contributed by atoms with van der Waals surface area (Å²) in [6.45, 7) is 3.87. The molecule has 102 valence electrons. The number of amides is 1. The van der Waals surface area contributed by atoms with Crippen LogP contribution in [-0.4, -0.2) is 25.1 Å². The average Bonchev–Trinajstić information content (AvgIpc) is 2.25. The molecule has 0 atom stereocenters. The first-order valence-electron chi connectivity index (χ1n) is 5.24. The number of ether oxygens (including phenoxy) is 1. The van der Waals surface area contributed by atoms with Crippen LogP contribution in [0.2, 0.25) is 0 Å². The maximum atomic E-state index is 13.1. The number of nitrogens with one attached hydrogen (secondary N) is 1. The summed E-state index contributed by atoms with van der Waals surface area (Å²) in [5.74, 6) is -0.554. The highest BCUT2D eigenvalue weighted by atomic mass is 35.5. The van der Waals surface area contributed by atoms with Crippen LogP contribution in [0.4, 0.5) is 4.39 Å². The van der Waals surface area contributed by atoms with E-state index in [1.54, 1.807) is 13.8 Å². The van der Waals surface area contributed by atoms with Crippen LogP contribution in [0, 0.1) is 5.82 Å². The molecule has 1 aromatic carbocycles. The second-order valence-corrected chi connectivity index (χ2v) is 4.52. The van der Waals surface area contributed by atoms with Gasteiger partial charge in [0.25, 0.3) is 5.91 Å². The quantitative estimate of drug-likeness (QED) is 0.880. The van der Waals surface area contributed by atoms with Gasteiger partial charge < -0.3 is 15.8 Å². The van der Waals surface area contributed by atoms with E-state index in [4.69, 9.17) is 10.5 Å². The van der Waals surface area contributed by atoms with E-state index in [1.165, 1.54) is 19.2 Å². The molecule has 0 heterocycles. The highest BCUT2D eigenvalue weighted by Crippen LogP contribution is 2.19. The van der Waals surface area contributed by atoms with E-state index in [9.17, 15) is 9.18 Å². The highest BCUT2D eigenvalue weighted by Gasteiger charge is 2.16. The Morgan fingerprint density at radius 3 is 2.61 bits per heavy atom. The van der Waals surface area contributed by atoms with Gasteiger partial charge in [-0.3, -0.25) is 4.79 Å². The fourth-order valence-electron chi connectivity index (χ4n) is 1.26. The molecule has 3 N–H and O–H groups in total. The van der Waals surface area contributed by atoms with E-state index in [-0.39, 0.29) is 18.0 Å². The van der Waals surface area contributed by atoms with Gasteiger partial charge in [-0.25, -0.2) is 4.39 Å². The molecule has 0 fully saturated rings. The number of carbonyl (C=O) groups is 1. The molecular formula is C12H18ClFN2O2. The number of nitrogens with two attached hydrogens (primary N) is 1. The third kappa shape index (κ3) is 4.89. The Morgan fingerprint density at radius 2 is 2.11 bits per heavy atom. The second-order valence-electron chi connectivity index (χ2n) is 4.52. The summed E-state index contributed by atoms with van der Waals surface area (Å²) in [5, 5.41) is 2.63. The fourth-order valence-corrected chi connectivity index (χ4v) is 1.26. The predicted octanol–water partition coefficient (Wildman–Crippen LogP) is 1.72. The molecule has 6 heteroatoms. The summed E-state index contributed by atoms with van der Waals surface area (Å²) in [6, 6.07) is 3.79. The lowest BCUT2D eigenvalue weighted by molar-refractivity contribution is 0.0942. The Labute approximate surface area is 112 Å². The van der Waals surface area contributed by atoms with Crippen molar-refractivity contribution in [1.29, 1.82) is 0 Å². The standard InChI is InChI=1S/C12H17FN2O2.ClH/c1-12(2,14)7-15-11(16)9-6-8(13)4-5-10(9)17-3;/h4-6H,7,14H2,1-3H3,(H,15,16);1H. The molecular weight excluding hydrogens is 259 g/mol. The topological polar surface area (TPSA) is 64.3 Å². The number of hydrogen-bond acceptors (Lipinski definition) is 3. The molecule has 1 amide bonds. The van der Waals surface area contributed by atoms with Crippen molar-refractivity contribution in [2.75, 3.05) is 13.7 Å². The number of rotatable bonds is 4. The first-order valence-corrected chi connectivity index (χ1v) is 5.24. The normalized spacial score (nSPS) is 10.5. The number of hydrogen-bond donors (Lipinski definition) is 2. The number of halogens is 2. The largest absolute Gasteiger partial charge is 0.496 e. The van der Waals surface area contributed by atoms with E-state index in [2.05, 4.69) is 5.32 Å². The summed E-state index contributed by atoms with van der Waals surface area (Å²) in [6.07, 6.45) is 0. The Bertz CT molecular complexity index is 419. The smallest absolute Gasteiger partial charge is 0.255 e. The third-order valence-electron chi connectivity index (χ3n) is 2.11. The molecule has 0 radical (unpaired) electrons. The van der Waals surface area contributed by atoms with Crippen LogP contribution < -0.4 is 15.8 Å². The SMILES string of the molecule is COc1ccc(F)cc1C(=O)NCC(C)(C)N.Cl. The summed E-state index contributed by atoms with van der Waals surface area (Å²) in [4.78, 5) is 11.8. The van der Waals surface area contributed by atoms with Gasteiger partial charge in [0.2, 0.25) is 0 Å². The van der Waals surface area contributed by atoms with Crippen molar-refractivity contribution in [1.82, 2.24) is 5.32 Å². The van der Waals surface area contributed by atoms with Gasteiger partial charge in [-0.15, -0.1) is 12.4 Å². The maximum Gasteiger partial charge on any atom is 0.255 e. The van der Waals surface area contributed by atoms with Gasteiger partial charge in [-0.2, -0.15) is 0 Å². The Kier molecular flexibility index (Phi) is 6.08. The molecule has 4 nitrogen and oxygen atoms in total. The fraction of sp³-hybridized carbons (Fsp3) is 0.417. The molecule has 0 aliphatic rings. The van der Waals surface area contributed by atoms with Crippen molar-refractivity contribution >= 4 is 18.3 Å². The van der Waals surface area contributed by atoms with Gasteiger partial charge >= 0.3 is 0 Å². The van der Waals surface area contributed by atoms with Crippen LogP contribution in [0.15, 0.2) is 18.2 Å². The number of benzene rings is 1. The maximum absolute atomic E-state index is 13.1. The van der Waals surface area contributed by atoms with E-state index < -0.39 is 17.3 Å². The van der Waals surface area contributed by atoms with Crippen LogP contribution in [0.1, 0.15) is 24.2 Å². The van der Waals surface area contributed by atoms with Gasteiger partial charge in [0.15, 0.2) is 0 Å². The average molecular weight is 277 g/mol. The number of carbonyl (C=O) groups excluding carboxylic acids is 1. The van der Waals surface area contributed by atoms with E-state index in [1.807, 2.05) is 0 Å². The van der Waals surface area contributed by atoms with Crippen LogP contribution in [0.5, 0.6) is 5.75 Å². The van der Waals surface area contributed by atoms with Gasteiger partial charge in [-0.05, 0) is 32.0 Å². The van der Waals surface area contributed by atoms with Crippen LogP contribution in [-0.2, 0) is 0 Å². The minimum atomic E-state index is -0.518. The van der Waals surface area contributed by atoms with Gasteiger partial charge in [0.1, 0.15) is 11.6 Å². The van der Waals surface area contributed by atoms with E-state index in [0.29, 0.717) is 12.3 Å². The molecule has 0 aromatic heterocycles. The molecule has 0 aliphatic carbocycles. The van der Waals surface area contributed by atoms with Crippen LogP contribution in [0.3, 0.4) is 0 Å². The summed E-state index contributed by atoms with van der Waals surface area (Å²) >= 11 is 0. The molecule has 0 spiro atoms. The molecule has 0 bridgehead atoms. The molecule has 0 saturated carbocycles. The van der Waals surface area contributed by atoms with Gasteiger partial charge in [-0.1, -0.05) is 0 Å². The van der Waals surface area contributed by atoms with Gasteiger partial charge in [0.05, 0.1) is 12.7 Å². The second kappa shape index (κ2) is 6.56. The van der Waals surface area contributed by atoms with Crippen molar-refractivity contribution in [3.63, 3.8) is 0 Å². The van der Waals surface area contributed by atoms with Crippen molar-refractivity contribution in [3.8, 4) is 5.75 Å². The van der Waals surface area contributed by atoms with E-state index >= 15 is 0 Å². The van der Waals surface area contributed by atoms with Gasteiger partial charge in [0, 0.05) is 12.1 Å². The monoisotopic (exact) mass is 276 g/mol. The molecule has 0 aliphatic heterocycles. The minimum Gasteiger partial charge on any atom is -0.496 e. The molecule has 1 rings (SSSR count). The molecule has 0 saturated heterocycles. The zero-order valence-electron chi connectivity index (χ0n) is 10.6. The minimum absolute atomic E-state index is 0. The lowest BCUT2D eigenvalue weighted by Crippen LogP contribution is -2.45. The first kappa shape index (κ1) is 16.7. The molecule has 0 unspecified atom stereocenters. The predicted molar refractivity (Wildman–Crippen MR) is 70.8 cm³/mol. The first-order chi connectivity index (χ1) is 7.83. The summed E-state index contributed by atoms with van der Waals surface area (Å²) < 4.78 is 18.1. The van der Waals surface area contributed by atoms with Crippen molar-refractivity contribution in [2.24, 2.45) is 5.73 Å². The Morgan fingerprint density at radius 1 is 1.50 bits per heavy atom. The number of methoxy groups -OCH3 is 1. The van der Waals surface area contributed by atoms with Crippen LogP contribution in [0.25, 0.3) is 0 Å². The third-order valence-corrected chi connectivity index (χ3v) is 2.11. The molecule has 1 aromatic rings. The van der Waals surface area contributed by atoms with Crippen molar-refractivity contribution < 1.29 is 13.9 Å². The Balaban J connectivity index is 0.00000289. The van der Waals surface area contributed by atoms with E-state index in [0.717, 1.165) is 6.07 Å². The summed E-state index contributed by atoms with van der Waals surface area (Å²) in [5.41, 5.74) is 5.39. The highest BCUT2D eigenvalue weighted by molar-refractivity contribution is 5.96. The lowest BCUT2D eigenvalue weighted by atomic mass is 10.1. The van der Waals surface area contributed by atoms with Crippen molar-refractivity contribution in [3.05, 3.63) is 29.6 Å². The lowest BCUT2D eigenvalue weighted by Gasteiger charge is -2.19. The zero-order valence-corrected chi connectivity index (χ0v) is 11.4. The van der Waals surface area contributed by atoms with Crippen LogP contribution >= 0.6 is 12.4 Å². The van der Waals surface area contributed by atoms with Crippen molar-refractivity contribution in [2.45, 2.75) is 19.4 Å². The Hall–Kier alpha value is -1.33.